The van der Waals surface area contributed by atoms with Gasteiger partial charge in [0.05, 0.1) is 18.6 Å². The van der Waals surface area contributed by atoms with Gasteiger partial charge >= 0.3 is 0 Å². The van der Waals surface area contributed by atoms with Gasteiger partial charge in [0.25, 0.3) is 0 Å². The van der Waals surface area contributed by atoms with Gasteiger partial charge in [0.1, 0.15) is 5.82 Å². The fraction of sp³-hybridized carbons (Fsp3) is 0.391. The van der Waals surface area contributed by atoms with Crippen molar-refractivity contribution in [2.75, 3.05) is 13.2 Å². The van der Waals surface area contributed by atoms with Crippen LogP contribution in [0.4, 0.5) is 4.39 Å². The summed E-state index contributed by atoms with van der Waals surface area (Å²) in [7, 11) is 0. The third kappa shape index (κ3) is 4.64. The largest absolute Gasteiger partial charge is 0.395 e. The molecule has 1 saturated heterocycles. The van der Waals surface area contributed by atoms with E-state index in [1.807, 2.05) is 0 Å². The van der Waals surface area contributed by atoms with Crippen LogP contribution in [0, 0.1) is 5.82 Å². The molecule has 1 N–H and O–H groups in total. The number of amides is 3. The fourth-order valence-corrected chi connectivity index (χ4v) is 4.03. The molecule has 3 amide bonds. The number of aliphatic hydroxyl groups is 1. The van der Waals surface area contributed by atoms with E-state index in [-0.39, 0.29) is 44.5 Å². The zero-order chi connectivity index (χ0) is 22.6. The third-order valence-corrected chi connectivity index (χ3v) is 5.59. The van der Waals surface area contributed by atoms with Gasteiger partial charge in [-0.15, -0.1) is 0 Å². The van der Waals surface area contributed by atoms with Gasteiger partial charge in [-0.1, -0.05) is 18.2 Å². The van der Waals surface area contributed by atoms with E-state index < -0.39 is 23.0 Å². The maximum Gasteiger partial charge on any atom is 0.241 e. The number of halogens is 1. The van der Waals surface area contributed by atoms with Crippen molar-refractivity contribution in [3.63, 3.8) is 0 Å². The van der Waals surface area contributed by atoms with Gasteiger partial charge < -0.3 is 10.0 Å². The van der Waals surface area contributed by atoms with Gasteiger partial charge in [0.15, 0.2) is 0 Å². The highest BCUT2D eigenvalue weighted by atomic mass is 19.1. The van der Waals surface area contributed by atoms with Crippen LogP contribution < -0.4 is 0 Å². The fourth-order valence-electron chi connectivity index (χ4n) is 4.03. The number of rotatable bonds is 8. The average molecular weight is 427 g/mol. The summed E-state index contributed by atoms with van der Waals surface area (Å²) in [5, 5.41) is 9.33. The second-order valence-electron chi connectivity index (χ2n) is 8.00. The second-order valence-corrected chi connectivity index (χ2v) is 8.00. The summed E-state index contributed by atoms with van der Waals surface area (Å²) in [6.07, 6.45) is 2.64. The highest BCUT2D eigenvalue weighted by molar-refractivity contribution is 6.10. The Balaban J connectivity index is 2.00. The van der Waals surface area contributed by atoms with Crippen LogP contribution in [-0.4, -0.2) is 56.8 Å². The first kappa shape index (κ1) is 22.6. The summed E-state index contributed by atoms with van der Waals surface area (Å²) >= 11 is 0. The maximum atomic E-state index is 14.1. The van der Waals surface area contributed by atoms with Crippen molar-refractivity contribution in [3.8, 4) is 0 Å². The number of likely N-dealkylation sites (tertiary alicyclic amines) is 1. The molecular weight excluding hydrogens is 401 g/mol. The molecule has 1 aromatic heterocycles. The molecule has 1 aromatic carbocycles. The predicted molar refractivity (Wildman–Crippen MR) is 111 cm³/mol. The first-order chi connectivity index (χ1) is 14.8. The molecule has 0 spiro atoms. The first-order valence-corrected chi connectivity index (χ1v) is 10.2. The van der Waals surface area contributed by atoms with E-state index in [1.54, 1.807) is 44.4 Å². The minimum absolute atomic E-state index is 0.0291. The lowest BCUT2D eigenvalue weighted by atomic mass is 9.75. The van der Waals surface area contributed by atoms with Crippen LogP contribution in [-0.2, 0) is 26.3 Å². The Morgan fingerprint density at radius 3 is 2.68 bits per heavy atom. The molecular formula is C23H26FN3O4. The van der Waals surface area contributed by atoms with Gasteiger partial charge in [-0.2, -0.15) is 0 Å². The number of aromatic nitrogens is 1. The number of hydrogen-bond donors (Lipinski definition) is 1. The number of aliphatic hydroxyl groups excluding tert-OH is 1. The SMILES string of the molecule is CC(C)N(CCO)C(=O)CC1(c2cccc(F)c2)CC(=O)N(Cc2cccnc2)C1=O. The highest BCUT2D eigenvalue weighted by Gasteiger charge is 2.54. The van der Waals surface area contributed by atoms with Crippen molar-refractivity contribution in [2.45, 2.75) is 44.7 Å². The molecule has 1 atom stereocenters. The molecule has 0 bridgehead atoms. The Morgan fingerprint density at radius 2 is 2.06 bits per heavy atom. The molecule has 7 nitrogen and oxygen atoms in total. The number of carbonyl (C=O) groups excluding carboxylic acids is 3. The Morgan fingerprint density at radius 1 is 1.29 bits per heavy atom. The second kappa shape index (κ2) is 9.34. The topological polar surface area (TPSA) is 90.8 Å². The van der Waals surface area contributed by atoms with Crippen LogP contribution in [0.15, 0.2) is 48.8 Å². The van der Waals surface area contributed by atoms with E-state index in [9.17, 15) is 23.9 Å². The molecule has 31 heavy (non-hydrogen) atoms. The highest BCUT2D eigenvalue weighted by Crippen LogP contribution is 2.41. The molecule has 164 valence electrons. The van der Waals surface area contributed by atoms with Crippen LogP contribution in [0.5, 0.6) is 0 Å². The summed E-state index contributed by atoms with van der Waals surface area (Å²) in [6.45, 7) is 3.52. The minimum atomic E-state index is -1.50. The number of imide groups is 1. The number of nitrogens with zero attached hydrogens (tertiary/aromatic N) is 3. The van der Waals surface area contributed by atoms with Crippen LogP contribution in [0.25, 0.3) is 0 Å². The van der Waals surface area contributed by atoms with Crippen LogP contribution in [0.1, 0.15) is 37.8 Å². The molecule has 1 fully saturated rings. The summed E-state index contributed by atoms with van der Waals surface area (Å²) in [6, 6.07) is 8.75. The number of carbonyl (C=O) groups is 3. The zero-order valence-corrected chi connectivity index (χ0v) is 17.6. The summed E-state index contributed by atoms with van der Waals surface area (Å²) in [5.41, 5.74) is -0.531. The average Bonchev–Trinajstić information content (AvgIpc) is 2.97. The number of hydrogen-bond acceptors (Lipinski definition) is 5. The van der Waals surface area contributed by atoms with Gasteiger partial charge in [0, 0.05) is 37.8 Å². The van der Waals surface area contributed by atoms with Crippen molar-refractivity contribution in [1.82, 2.24) is 14.8 Å². The van der Waals surface area contributed by atoms with E-state index in [1.165, 1.54) is 23.1 Å². The van der Waals surface area contributed by atoms with Crippen molar-refractivity contribution in [2.24, 2.45) is 0 Å². The lowest BCUT2D eigenvalue weighted by molar-refractivity contribution is -0.143. The van der Waals surface area contributed by atoms with Gasteiger partial charge in [-0.05, 0) is 43.2 Å². The molecule has 0 aliphatic carbocycles. The molecule has 2 aromatic rings. The van der Waals surface area contributed by atoms with E-state index in [4.69, 9.17) is 0 Å². The van der Waals surface area contributed by atoms with E-state index >= 15 is 0 Å². The minimum Gasteiger partial charge on any atom is -0.395 e. The Kier molecular flexibility index (Phi) is 6.80. The monoisotopic (exact) mass is 427 g/mol. The van der Waals surface area contributed by atoms with Crippen LogP contribution in [0.3, 0.4) is 0 Å². The lowest BCUT2D eigenvalue weighted by Gasteiger charge is -2.32. The molecule has 3 rings (SSSR count). The lowest BCUT2D eigenvalue weighted by Crippen LogP contribution is -2.46. The molecule has 0 saturated carbocycles. The smallest absolute Gasteiger partial charge is 0.241 e. The van der Waals surface area contributed by atoms with Gasteiger partial charge in [-0.3, -0.25) is 24.3 Å². The Hall–Kier alpha value is -3.13. The normalized spacial score (nSPS) is 18.7. The Bertz CT molecular complexity index is 966. The Labute approximate surface area is 180 Å². The predicted octanol–water partition coefficient (Wildman–Crippen LogP) is 2.04. The van der Waals surface area contributed by atoms with Gasteiger partial charge in [-0.25, -0.2) is 4.39 Å². The number of pyridine rings is 1. The van der Waals surface area contributed by atoms with E-state index in [2.05, 4.69) is 4.98 Å². The molecule has 1 aliphatic heterocycles. The van der Waals surface area contributed by atoms with E-state index in [0.29, 0.717) is 11.1 Å². The standard InChI is InChI=1S/C23H26FN3O4/c1-16(2)26(9-10-28)20(29)12-23(18-6-3-7-19(24)11-18)13-21(30)27(22(23)31)15-17-5-4-8-25-14-17/h3-8,11,14,16,28H,9-10,12-13,15H2,1-2H3. The third-order valence-electron chi connectivity index (χ3n) is 5.59. The summed E-state index contributed by atoms with van der Waals surface area (Å²) in [5.74, 6) is -1.89. The van der Waals surface area contributed by atoms with E-state index in [0.717, 1.165) is 4.90 Å². The van der Waals surface area contributed by atoms with Crippen molar-refractivity contribution in [1.29, 1.82) is 0 Å². The molecule has 1 unspecified atom stereocenters. The van der Waals surface area contributed by atoms with Crippen molar-refractivity contribution >= 4 is 17.7 Å². The molecule has 2 heterocycles. The molecule has 0 radical (unpaired) electrons. The van der Waals surface area contributed by atoms with Gasteiger partial charge in [0.2, 0.25) is 17.7 Å². The summed E-state index contributed by atoms with van der Waals surface area (Å²) in [4.78, 5) is 46.2. The number of benzene rings is 1. The summed E-state index contributed by atoms with van der Waals surface area (Å²) < 4.78 is 14.1. The first-order valence-electron chi connectivity index (χ1n) is 10.2. The maximum absolute atomic E-state index is 14.1. The molecule has 1 aliphatic rings. The van der Waals surface area contributed by atoms with Crippen LogP contribution in [0.2, 0.25) is 0 Å². The quantitative estimate of drug-likeness (QED) is 0.651. The van der Waals surface area contributed by atoms with Crippen molar-refractivity contribution in [3.05, 3.63) is 65.7 Å². The van der Waals surface area contributed by atoms with Crippen LogP contribution >= 0.6 is 0 Å². The van der Waals surface area contributed by atoms with Crippen molar-refractivity contribution < 1.29 is 23.9 Å². The molecule has 8 heteroatoms. The zero-order valence-electron chi connectivity index (χ0n) is 17.6.